The predicted octanol–water partition coefficient (Wildman–Crippen LogP) is 4.88. The minimum Gasteiger partial charge on any atom is -0.321 e. The highest BCUT2D eigenvalue weighted by atomic mass is 35.5. The van der Waals surface area contributed by atoms with Gasteiger partial charge >= 0.3 is 0 Å². The average molecular weight is 524 g/mol. The van der Waals surface area contributed by atoms with Crippen LogP contribution >= 0.6 is 34.8 Å². The van der Waals surface area contributed by atoms with E-state index in [9.17, 15) is 13.2 Å². The van der Waals surface area contributed by atoms with Crippen molar-refractivity contribution >= 4 is 62.2 Å². The Kier molecular flexibility index (Phi) is 6.52. The Labute approximate surface area is 203 Å². The van der Waals surface area contributed by atoms with Crippen LogP contribution in [0.1, 0.15) is 10.5 Å². The van der Waals surface area contributed by atoms with E-state index in [2.05, 4.69) is 30.4 Å². The molecular formula is C20H13Cl3N6O3S. The summed E-state index contributed by atoms with van der Waals surface area (Å²) in [7, 11) is -3.90. The van der Waals surface area contributed by atoms with Crippen LogP contribution in [-0.4, -0.2) is 34.7 Å². The Hall–Kier alpha value is -3.18. The van der Waals surface area contributed by atoms with Crippen molar-refractivity contribution in [2.24, 2.45) is 0 Å². The van der Waals surface area contributed by atoms with Crippen LogP contribution in [0.4, 0.5) is 11.5 Å². The molecule has 0 aliphatic carbocycles. The zero-order valence-corrected chi connectivity index (χ0v) is 19.5. The zero-order chi connectivity index (χ0) is 23.6. The van der Waals surface area contributed by atoms with E-state index in [-0.39, 0.29) is 21.6 Å². The number of carbonyl (C=O) groups excluding carboxylic acids is 1. The van der Waals surface area contributed by atoms with Crippen molar-refractivity contribution in [3.05, 3.63) is 81.6 Å². The number of rotatable bonds is 6. The Balaban J connectivity index is 1.45. The van der Waals surface area contributed by atoms with Crippen molar-refractivity contribution in [1.29, 1.82) is 0 Å². The van der Waals surface area contributed by atoms with Crippen LogP contribution in [0.15, 0.2) is 65.6 Å². The molecular weight excluding hydrogens is 511 g/mol. The number of hydrogen-bond acceptors (Lipinski definition) is 6. The van der Waals surface area contributed by atoms with Gasteiger partial charge in [-0.3, -0.25) is 14.6 Å². The van der Waals surface area contributed by atoms with Crippen LogP contribution in [0.5, 0.6) is 0 Å². The molecule has 0 saturated heterocycles. The van der Waals surface area contributed by atoms with E-state index >= 15 is 0 Å². The van der Waals surface area contributed by atoms with E-state index in [0.717, 1.165) is 0 Å². The molecule has 2 aromatic carbocycles. The van der Waals surface area contributed by atoms with Gasteiger partial charge in [0.25, 0.3) is 15.9 Å². The lowest BCUT2D eigenvalue weighted by Crippen LogP contribution is -2.15. The molecule has 33 heavy (non-hydrogen) atoms. The van der Waals surface area contributed by atoms with Gasteiger partial charge in [-0.2, -0.15) is 5.10 Å². The summed E-state index contributed by atoms with van der Waals surface area (Å²) in [6.07, 6.45) is 0. The minimum absolute atomic E-state index is 0.0209. The van der Waals surface area contributed by atoms with Gasteiger partial charge in [0.05, 0.1) is 15.6 Å². The summed E-state index contributed by atoms with van der Waals surface area (Å²) in [5.41, 5.74) is 1.66. The molecule has 4 rings (SSSR count). The first kappa shape index (κ1) is 23.0. The Bertz CT molecular complexity index is 1420. The SMILES string of the molecule is O=C(Nc1ccc(S(=O)(=O)Nc2ccc(Cl)nn2)cc1)c1cc(-c2ccc(Cl)cc2Cl)n[nH]1. The van der Waals surface area contributed by atoms with E-state index in [1.165, 1.54) is 36.4 Å². The molecule has 0 bridgehead atoms. The monoisotopic (exact) mass is 522 g/mol. The van der Waals surface area contributed by atoms with Crippen molar-refractivity contribution in [1.82, 2.24) is 20.4 Å². The van der Waals surface area contributed by atoms with Gasteiger partial charge in [-0.15, -0.1) is 10.2 Å². The predicted molar refractivity (Wildman–Crippen MR) is 126 cm³/mol. The van der Waals surface area contributed by atoms with E-state index < -0.39 is 15.9 Å². The van der Waals surface area contributed by atoms with Crippen molar-refractivity contribution in [2.45, 2.75) is 4.90 Å². The largest absolute Gasteiger partial charge is 0.321 e. The Morgan fingerprint density at radius 2 is 1.67 bits per heavy atom. The van der Waals surface area contributed by atoms with Crippen molar-refractivity contribution in [3.8, 4) is 11.3 Å². The van der Waals surface area contributed by atoms with Crippen LogP contribution in [0, 0.1) is 0 Å². The first-order valence-electron chi connectivity index (χ1n) is 9.15. The molecule has 0 atom stereocenters. The lowest BCUT2D eigenvalue weighted by Gasteiger charge is -2.08. The number of amides is 1. The molecule has 1 amide bonds. The number of anilines is 2. The summed E-state index contributed by atoms with van der Waals surface area (Å²) in [5, 5.41) is 17.7. The number of sulfonamides is 1. The van der Waals surface area contributed by atoms with E-state index in [1.807, 2.05) is 0 Å². The molecule has 0 aliphatic heterocycles. The zero-order valence-electron chi connectivity index (χ0n) is 16.4. The van der Waals surface area contributed by atoms with Crippen LogP contribution in [0.2, 0.25) is 15.2 Å². The summed E-state index contributed by atoms with van der Waals surface area (Å²) in [6, 6.07) is 14.9. The number of nitrogens with one attached hydrogen (secondary N) is 3. The van der Waals surface area contributed by atoms with Crippen LogP contribution in [-0.2, 0) is 10.0 Å². The molecule has 2 aromatic heterocycles. The maximum Gasteiger partial charge on any atom is 0.273 e. The number of aromatic amines is 1. The molecule has 168 valence electrons. The Morgan fingerprint density at radius 3 is 2.33 bits per heavy atom. The fourth-order valence-corrected chi connectivity index (χ4v) is 4.36. The van der Waals surface area contributed by atoms with Crippen LogP contribution in [0.3, 0.4) is 0 Å². The maximum atomic E-state index is 12.6. The molecule has 0 fully saturated rings. The van der Waals surface area contributed by atoms with Gasteiger partial charge in [-0.1, -0.05) is 34.8 Å². The fourth-order valence-electron chi connectivity index (χ4n) is 2.76. The lowest BCUT2D eigenvalue weighted by molar-refractivity contribution is 0.102. The number of hydrogen-bond donors (Lipinski definition) is 3. The van der Waals surface area contributed by atoms with Gasteiger partial charge in [0, 0.05) is 16.3 Å². The summed E-state index contributed by atoms with van der Waals surface area (Å²) in [4.78, 5) is 12.5. The summed E-state index contributed by atoms with van der Waals surface area (Å²) >= 11 is 17.7. The number of carbonyl (C=O) groups is 1. The highest BCUT2D eigenvalue weighted by Gasteiger charge is 2.17. The quantitative estimate of drug-likeness (QED) is 0.330. The van der Waals surface area contributed by atoms with Gasteiger partial charge in [0.2, 0.25) is 0 Å². The molecule has 0 aliphatic rings. The molecule has 9 nitrogen and oxygen atoms in total. The highest BCUT2D eigenvalue weighted by molar-refractivity contribution is 7.92. The first-order valence-corrected chi connectivity index (χ1v) is 11.8. The van der Waals surface area contributed by atoms with Crippen LogP contribution in [0.25, 0.3) is 11.3 Å². The highest BCUT2D eigenvalue weighted by Crippen LogP contribution is 2.29. The van der Waals surface area contributed by atoms with E-state index in [0.29, 0.717) is 27.0 Å². The summed E-state index contributed by atoms with van der Waals surface area (Å²) < 4.78 is 27.3. The summed E-state index contributed by atoms with van der Waals surface area (Å²) in [6.45, 7) is 0. The number of nitrogens with zero attached hydrogens (tertiary/aromatic N) is 3. The number of benzene rings is 2. The third-order valence-electron chi connectivity index (χ3n) is 4.32. The molecule has 0 spiro atoms. The smallest absolute Gasteiger partial charge is 0.273 e. The molecule has 3 N–H and O–H groups in total. The van der Waals surface area contributed by atoms with Crippen LogP contribution < -0.4 is 10.0 Å². The molecule has 0 saturated carbocycles. The second kappa shape index (κ2) is 9.36. The first-order chi connectivity index (χ1) is 15.7. The second-order valence-corrected chi connectivity index (χ2v) is 9.53. The van der Waals surface area contributed by atoms with Crippen molar-refractivity contribution in [2.75, 3.05) is 10.0 Å². The standard InChI is InChI=1S/C20H13Cl3N6O3S/c21-11-1-6-14(15(22)9-11)16-10-17(26-25-16)20(30)24-12-2-4-13(5-3-12)33(31,32)29-19-8-7-18(23)27-28-19/h1-10H,(H,24,30)(H,25,26)(H,28,29). The number of halogens is 3. The fraction of sp³-hybridized carbons (Fsp3) is 0. The topological polar surface area (TPSA) is 130 Å². The van der Waals surface area contributed by atoms with Crippen molar-refractivity contribution < 1.29 is 13.2 Å². The second-order valence-electron chi connectivity index (χ2n) is 6.62. The van der Waals surface area contributed by atoms with Gasteiger partial charge in [-0.05, 0) is 60.7 Å². The van der Waals surface area contributed by atoms with Crippen molar-refractivity contribution in [3.63, 3.8) is 0 Å². The lowest BCUT2D eigenvalue weighted by atomic mass is 10.1. The van der Waals surface area contributed by atoms with Gasteiger partial charge in [0.1, 0.15) is 5.69 Å². The molecule has 4 aromatic rings. The van der Waals surface area contributed by atoms with E-state index in [4.69, 9.17) is 34.8 Å². The molecule has 13 heteroatoms. The molecule has 0 unspecified atom stereocenters. The normalized spacial score (nSPS) is 11.2. The Morgan fingerprint density at radius 1 is 0.909 bits per heavy atom. The average Bonchev–Trinajstić information content (AvgIpc) is 3.26. The number of H-pyrrole nitrogens is 1. The molecule has 2 heterocycles. The summed E-state index contributed by atoms with van der Waals surface area (Å²) in [5.74, 6) is -0.448. The van der Waals surface area contributed by atoms with Gasteiger partial charge < -0.3 is 5.32 Å². The maximum absolute atomic E-state index is 12.6. The van der Waals surface area contributed by atoms with Gasteiger partial charge in [0.15, 0.2) is 11.0 Å². The van der Waals surface area contributed by atoms with Gasteiger partial charge in [-0.25, -0.2) is 8.42 Å². The molecule has 0 radical (unpaired) electrons. The van der Waals surface area contributed by atoms with E-state index in [1.54, 1.807) is 24.3 Å². The third kappa shape index (κ3) is 5.42. The third-order valence-corrected chi connectivity index (χ3v) is 6.44. The minimum atomic E-state index is -3.90. The number of aromatic nitrogens is 4.